The molecule has 1 saturated carbocycles. The summed E-state index contributed by atoms with van der Waals surface area (Å²) in [7, 11) is 2.14. The molecule has 126 valence electrons. The molecule has 2 heterocycles. The maximum Gasteiger partial charge on any atom is 0.323 e. The summed E-state index contributed by atoms with van der Waals surface area (Å²) in [6, 6.07) is 3.67. The average molecular weight is 318 g/mol. The molecule has 1 aromatic heterocycles. The number of nitrogens with one attached hydrogen (secondary N) is 1. The molecule has 0 bridgehead atoms. The molecule has 6 heteroatoms. The number of nitrogens with zero attached hydrogens (tertiary/aromatic N) is 3. The SMILES string of the molecule is Cc1ccc(NC(=O)N2CCO[C@H](CN(C)CC3CC3)C2)nc1. The van der Waals surface area contributed by atoms with Crippen LogP contribution in [0.15, 0.2) is 18.3 Å². The fourth-order valence-electron chi connectivity index (χ4n) is 2.91. The summed E-state index contributed by atoms with van der Waals surface area (Å²) in [4.78, 5) is 20.7. The van der Waals surface area contributed by atoms with Crippen LogP contribution in [0, 0.1) is 12.8 Å². The van der Waals surface area contributed by atoms with Crippen molar-refractivity contribution in [3.63, 3.8) is 0 Å². The van der Waals surface area contributed by atoms with E-state index in [2.05, 4.69) is 22.2 Å². The van der Waals surface area contributed by atoms with Gasteiger partial charge in [0.15, 0.2) is 0 Å². The molecule has 1 aliphatic heterocycles. The van der Waals surface area contributed by atoms with Crippen molar-refractivity contribution in [1.29, 1.82) is 0 Å². The Balaban J connectivity index is 1.48. The van der Waals surface area contributed by atoms with Gasteiger partial charge in [0.25, 0.3) is 0 Å². The third-order valence-electron chi connectivity index (χ3n) is 4.35. The number of aromatic nitrogens is 1. The van der Waals surface area contributed by atoms with Gasteiger partial charge < -0.3 is 14.5 Å². The predicted octanol–water partition coefficient (Wildman–Crippen LogP) is 1.96. The van der Waals surface area contributed by atoms with Crippen molar-refractivity contribution in [2.24, 2.45) is 5.92 Å². The lowest BCUT2D eigenvalue weighted by Crippen LogP contribution is -2.50. The quantitative estimate of drug-likeness (QED) is 0.902. The molecule has 23 heavy (non-hydrogen) atoms. The number of pyridine rings is 1. The van der Waals surface area contributed by atoms with Crippen LogP contribution in [-0.2, 0) is 4.74 Å². The van der Waals surface area contributed by atoms with E-state index >= 15 is 0 Å². The molecule has 0 spiro atoms. The Morgan fingerprint density at radius 1 is 1.43 bits per heavy atom. The van der Waals surface area contributed by atoms with Crippen LogP contribution < -0.4 is 5.32 Å². The van der Waals surface area contributed by atoms with Gasteiger partial charge in [0.1, 0.15) is 5.82 Å². The Morgan fingerprint density at radius 3 is 2.96 bits per heavy atom. The van der Waals surface area contributed by atoms with E-state index < -0.39 is 0 Å². The van der Waals surface area contributed by atoms with Gasteiger partial charge in [-0.15, -0.1) is 0 Å². The van der Waals surface area contributed by atoms with Gasteiger partial charge in [0.05, 0.1) is 12.7 Å². The number of anilines is 1. The smallest absolute Gasteiger partial charge is 0.323 e. The van der Waals surface area contributed by atoms with Gasteiger partial charge in [-0.1, -0.05) is 6.07 Å². The zero-order valence-electron chi connectivity index (χ0n) is 14.0. The van der Waals surface area contributed by atoms with Crippen LogP contribution in [0.1, 0.15) is 18.4 Å². The number of rotatable bonds is 5. The Labute approximate surface area is 137 Å². The zero-order valence-corrected chi connectivity index (χ0v) is 14.0. The number of carbonyl (C=O) groups excluding carboxylic acids is 1. The molecule has 1 aromatic rings. The third-order valence-corrected chi connectivity index (χ3v) is 4.35. The number of amides is 2. The van der Waals surface area contributed by atoms with E-state index in [1.165, 1.54) is 12.8 Å². The second-order valence-corrected chi connectivity index (χ2v) is 6.75. The van der Waals surface area contributed by atoms with Crippen LogP contribution in [0.25, 0.3) is 0 Å². The lowest BCUT2D eigenvalue weighted by atomic mass is 10.2. The molecule has 1 aliphatic carbocycles. The molecular weight excluding hydrogens is 292 g/mol. The standard InChI is InChI=1S/C17H26N4O2/c1-13-3-6-16(18-9-13)19-17(22)21-7-8-23-15(12-21)11-20(2)10-14-4-5-14/h3,6,9,14-15H,4-5,7-8,10-12H2,1-2H3,(H,18,19,22)/t15-/m1/s1. The lowest BCUT2D eigenvalue weighted by molar-refractivity contribution is -0.0261. The van der Waals surface area contributed by atoms with Crippen molar-refractivity contribution in [3.8, 4) is 0 Å². The van der Waals surface area contributed by atoms with Crippen molar-refractivity contribution < 1.29 is 9.53 Å². The van der Waals surface area contributed by atoms with E-state index in [4.69, 9.17) is 4.74 Å². The van der Waals surface area contributed by atoms with Crippen LogP contribution >= 0.6 is 0 Å². The molecule has 0 unspecified atom stereocenters. The number of likely N-dealkylation sites (N-methyl/N-ethyl adjacent to an activating group) is 1. The largest absolute Gasteiger partial charge is 0.373 e. The molecule has 2 fully saturated rings. The normalized spacial score (nSPS) is 21.5. The van der Waals surface area contributed by atoms with E-state index in [0.29, 0.717) is 25.5 Å². The van der Waals surface area contributed by atoms with E-state index in [0.717, 1.165) is 24.6 Å². The lowest BCUT2D eigenvalue weighted by Gasteiger charge is -2.34. The van der Waals surface area contributed by atoms with Crippen LogP contribution in [0.2, 0.25) is 0 Å². The Morgan fingerprint density at radius 2 is 2.26 bits per heavy atom. The fraction of sp³-hybridized carbons (Fsp3) is 0.647. The molecule has 3 rings (SSSR count). The minimum absolute atomic E-state index is 0.0872. The molecule has 2 aliphatic rings. The van der Waals surface area contributed by atoms with Crippen LogP contribution in [0.4, 0.5) is 10.6 Å². The van der Waals surface area contributed by atoms with E-state index in [1.807, 2.05) is 24.0 Å². The minimum Gasteiger partial charge on any atom is -0.373 e. The highest BCUT2D eigenvalue weighted by Gasteiger charge is 2.28. The highest BCUT2D eigenvalue weighted by Crippen LogP contribution is 2.29. The summed E-state index contributed by atoms with van der Waals surface area (Å²) in [5.74, 6) is 1.46. The summed E-state index contributed by atoms with van der Waals surface area (Å²) >= 11 is 0. The Bertz CT molecular complexity index is 530. The van der Waals surface area contributed by atoms with Gasteiger partial charge in [0, 0.05) is 32.4 Å². The zero-order chi connectivity index (χ0) is 16.2. The molecule has 1 atom stereocenters. The van der Waals surface area contributed by atoms with Gasteiger partial charge in [0.2, 0.25) is 0 Å². The molecule has 1 saturated heterocycles. The van der Waals surface area contributed by atoms with Gasteiger partial charge in [-0.3, -0.25) is 5.32 Å². The third kappa shape index (κ3) is 4.91. The molecule has 6 nitrogen and oxygen atoms in total. The van der Waals surface area contributed by atoms with Gasteiger partial charge in [-0.05, 0) is 44.4 Å². The minimum atomic E-state index is -0.0977. The summed E-state index contributed by atoms with van der Waals surface area (Å²) in [6.07, 6.45) is 4.55. The molecule has 0 radical (unpaired) electrons. The number of aryl methyl sites for hydroxylation is 1. The highest BCUT2D eigenvalue weighted by molar-refractivity contribution is 5.88. The van der Waals surface area contributed by atoms with Crippen molar-refractivity contribution >= 4 is 11.8 Å². The van der Waals surface area contributed by atoms with Crippen molar-refractivity contribution in [3.05, 3.63) is 23.9 Å². The second kappa shape index (κ2) is 7.27. The molecule has 1 N–H and O–H groups in total. The maximum atomic E-state index is 12.4. The number of morpholine rings is 1. The number of urea groups is 1. The van der Waals surface area contributed by atoms with E-state index in [9.17, 15) is 4.79 Å². The topological polar surface area (TPSA) is 57.7 Å². The van der Waals surface area contributed by atoms with E-state index in [-0.39, 0.29) is 12.1 Å². The molecule has 2 amide bonds. The summed E-state index contributed by atoms with van der Waals surface area (Å²) in [6.45, 7) is 5.84. The summed E-state index contributed by atoms with van der Waals surface area (Å²) < 4.78 is 5.82. The van der Waals surface area contributed by atoms with Crippen molar-refractivity contribution in [1.82, 2.24) is 14.8 Å². The highest BCUT2D eigenvalue weighted by atomic mass is 16.5. The first-order chi connectivity index (χ1) is 11.1. The van der Waals surface area contributed by atoms with Crippen LogP contribution in [-0.4, -0.2) is 66.8 Å². The van der Waals surface area contributed by atoms with Gasteiger partial charge >= 0.3 is 6.03 Å². The van der Waals surface area contributed by atoms with Crippen molar-refractivity contribution in [2.75, 3.05) is 45.2 Å². The predicted molar refractivity (Wildman–Crippen MR) is 89.5 cm³/mol. The first kappa shape index (κ1) is 16.2. The molecule has 0 aromatic carbocycles. The number of ether oxygens (including phenoxy) is 1. The van der Waals surface area contributed by atoms with Crippen LogP contribution in [0.3, 0.4) is 0 Å². The number of hydrogen-bond acceptors (Lipinski definition) is 4. The maximum absolute atomic E-state index is 12.4. The van der Waals surface area contributed by atoms with Crippen LogP contribution in [0.5, 0.6) is 0 Å². The van der Waals surface area contributed by atoms with Gasteiger partial charge in [-0.2, -0.15) is 0 Å². The Hall–Kier alpha value is -1.66. The first-order valence-corrected chi connectivity index (χ1v) is 8.39. The Kier molecular flexibility index (Phi) is 5.13. The first-order valence-electron chi connectivity index (χ1n) is 8.39. The van der Waals surface area contributed by atoms with E-state index in [1.54, 1.807) is 6.20 Å². The average Bonchev–Trinajstić information content (AvgIpc) is 3.33. The number of carbonyl (C=O) groups is 1. The summed E-state index contributed by atoms with van der Waals surface area (Å²) in [5, 5.41) is 2.86. The summed E-state index contributed by atoms with van der Waals surface area (Å²) in [5.41, 5.74) is 1.08. The molecular formula is C17H26N4O2. The van der Waals surface area contributed by atoms with Crippen molar-refractivity contribution in [2.45, 2.75) is 25.9 Å². The monoisotopic (exact) mass is 318 g/mol. The second-order valence-electron chi connectivity index (χ2n) is 6.75. The fourth-order valence-corrected chi connectivity index (χ4v) is 2.91. The number of hydrogen-bond donors (Lipinski definition) is 1. The van der Waals surface area contributed by atoms with Gasteiger partial charge in [-0.25, -0.2) is 9.78 Å².